The van der Waals surface area contributed by atoms with Gasteiger partial charge in [0.05, 0.1) is 24.4 Å². The second-order valence-corrected chi connectivity index (χ2v) is 7.56. The number of benzene rings is 1. The maximum absolute atomic E-state index is 12.5. The van der Waals surface area contributed by atoms with Gasteiger partial charge in [0.25, 0.3) is 5.91 Å². The Labute approximate surface area is 181 Å². The van der Waals surface area contributed by atoms with Crippen LogP contribution in [0.2, 0.25) is 0 Å². The van der Waals surface area contributed by atoms with Gasteiger partial charge < -0.3 is 14.7 Å². The number of halogens is 2. The second kappa shape index (κ2) is 8.68. The Bertz CT molecular complexity index is 1100. The Morgan fingerprint density at radius 1 is 1.03 bits per heavy atom. The Balaban J connectivity index is 0.00000150. The second-order valence-electron chi connectivity index (χ2n) is 7.56. The number of H-pyrrole nitrogens is 1. The minimum absolute atomic E-state index is 0. The molecule has 0 radical (unpaired) electrons. The van der Waals surface area contributed by atoms with E-state index >= 15 is 0 Å². The van der Waals surface area contributed by atoms with E-state index in [0.717, 1.165) is 16.9 Å². The quantitative estimate of drug-likeness (QED) is 0.472. The van der Waals surface area contributed by atoms with Crippen molar-refractivity contribution in [2.75, 3.05) is 5.32 Å². The van der Waals surface area contributed by atoms with Crippen molar-refractivity contribution in [2.45, 2.75) is 26.2 Å². The third-order valence-electron chi connectivity index (χ3n) is 4.51. The summed E-state index contributed by atoms with van der Waals surface area (Å²) < 4.78 is 1.88. The smallest absolute Gasteiger partial charge is 0.256 e. The van der Waals surface area contributed by atoms with Gasteiger partial charge in [-0.05, 0) is 35.2 Å². The molecule has 29 heavy (non-hydrogen) atoms. The summed E-state index contributed by atoms with van der Waals surface area (Å²) in [6.45, 7) is 6.45. The highest BCUT2D eigenvalue weighted by Crippen LogP contribution is 2.23. The number of amides is 1. The van der Waals surface area contributed by atoms with E-state index in [0.29, 0.717) is 11.4 Å². The molecule has 0 aliphatic carbocycles. The van der Waals surface area contributed by atoms with E-state index < -0.39 is 0 Å². The number of hydrogen-bond acceptors (Lipinski definition) is 3. The highest BCUT2D eigenvalue weighted by molar-refractivity contribution is 6.03. The zero-order valence-electron chi connectivity index (χ0n) is 16.3. The first kappa shape index (κ1) is 22.5. The number of carbonyl (C=O) groups excluding carboxylic acids is 1. The van der Waals surface area contributed by atoms with Gasteiger partial charge in [-0.1, -0.05) is 32.9 Å². The zero-order valence-corrected chi connectivity index (χ0v) is 18.0. The van der Waals surface area contributed by atoms with E-state index in [2.05, 4.69) is 41.0 Å². The molecule has 3 heterocycles. The van der Waals surface area contributed by atoms with E-state index in [1.807, 2.05) is 47.0 Å². The van der Waals surface area contributed by atoms with Crippen LogP contribution >= 0.6 is 24.8 Å². The van der Waals surface area contributed by atoms with Crippen LogP contribution in [0, 0.1) is 0 Å². The Morgan fingerprint density at radius 2 is 1.76 bits per heavy atom. The molecule has 0 unspecified atom stereocenters. The maximum atomic E-state index is 12.5. The molecule has 0 aliphatic heterocycles. The lowest BCUT2D eigenvalue weighted by Gasteiger charge is -2.18. The predicted molar refractivity (Wildman–Crippen MR) is 120 cm³/mol. The summed E-state index contributed by atoms with van der Waals surface area (Å²) in [5.41, 5.74) is 4.54. The van der Waals surface area contributed by atoms with E-state index in [9.17, 15) is 4.79 Å². The monoisotopic (exact) mass is 431 g/mol. The molecule has 0 saturated heterocycles. The van der Waals surface area contributed by atoms with Crippen LogP contribution in [0.3, 0.4) is 0 Å². The van der Waals surface area contributed by atoms with Gasteiger partial charge in [0.15, 0.2) is 5.82 Å². The third kappa shape index (κ3) is 4.78. The molecule has 3 aromatic heterocycles. The zero-order chi connectivity index (χ0) is 19.0. The van der Waals surface area contributed by atoms with Crippen LogP contribution in [0.15, 0.2) is 61.3 Å². The largest absolute Gasteiger partial charge is 0.345 e. The van der Waals surface area contributed by atoms with Crippen LogP contribution in [0.4, 0.5) is 5.82 Å². The molecule has 1 aromatic carbocycles. The topological polar surface area (TPSA) is 75.1 Å². The molecule has 2 N–H and O–H groups in total. The molecule has 0 fully saturated rings. The van der Waals surface area contributed by atoms with Crippen molar-refractivity contribution in [1.82, 2.24) is 19.4 Å². The Morgan fingerprint density at radius 3 is 2.38 bits per heavy atom. The average molecular weight is 432 g/mol. The van der Waals surface area contributed by atoms with E-state index in [4.69, 9.17) is 0 Å². The van der Waals surface area contributed by atoms with Crippen molar-refractivity contribution >= 4 is 42.2 Å². The molecule has 0 aliphatic rings. The maximum Gasteiger partial charge on any atom is 0.256 e. The molecule has 4 rings (SSSR count). The van der Waals surface area contributed by atoms with Gasteiger partial charge >= 0.3 is 0 Å². The number of pyridine rings is 1. The summed E-state index contributed by atoms with van der Waals surface area (Å²) in [5.74, 6) is 0.342. The van der Waals surface area contributed by atoms with E-state index in [1.165, 1.54) is 5.56 Å². The van der Waals surface area contributed by atoms with Crippen molar-refractivity contribution in [3.05, 3.63) is 72.4 Å². The third-order valence-corrected chi connectivity index (χ3v) is 4.51. The van der Waals surface area contributed by atoms with Crippen molar-refractivity contribution in [2.24, 2.45) is 0 Å². The van der Waals surface area contributed by atoms with Gasteiger partial charge in [-0.15, -0.1) is 24.8 Å². The number of rotatable bonds is 3. The number of fused-ring (bicyclic) bond motifs is 1. The molecule has 1 amide bonds. The van der Waals surface area contributed by atoms with Gasteiger partial charge in [0.2, 0.25) is 0 Å². The number of imidazole rings is 2. The minimum atomic E-state index is -0.173. The molecule has 0 saturated carbocycles. The predicted octanol–water partition coefficient (Wildman–Crippen LogP) is 5.12. The van der Waals surface area contributed by atoms with Crippen molar-refractivity contribution in [3.8, 4) is 11.3 Å². The first-order valence-corrected chi connectivity index (χ1v) is 8.79. The van der Waals surface area contributed by atoms with Crippen LogP contribution in [0.25, 0.3) is 16.9 Å². The van der Waals surface area contributed by atoms with Gasteiger partial charge in [-0.2, -0.15) is 0 Å². The van der Waals surface area contributed by atoms with Gasteiger partial charge in [-0.3, -0.25) is 4.79 Å². The number of nitrogens with one attached hydrogen (secondary N) is 2. The summed E-state index contributed by atoms with van der Waals surface area (Å²) in [6, 6.07) is 11.6. The number of hydrogen-bond donors (Lipinski definition) is 2. The van der Waals surface area contributed by atoms with Crippen molar-refractivity contribution in [1.29, 1.82) is 0 Å². The summed E-state index contributed by atoms with van der Waals surface area (Å²) in [4.78, 5) is 24.1. The minimum Gasteiger partial charge on any atom is -0.345 e. The molecule has 152 valence electrons. The molecule has 6 nitrogen and oxygen atoms in total. The fraction of sp³-hybridized carbons (Fsp3) is 0.190. The number of aromatic nitrogens is 4. The number of carbonyl (C=O) groups is 1. The van der Waals surface area contributed by atoms with Crippen LogP contribution in [0.1, 0.15) is 36.7 Å². The number of anilines is 1. The summed E-state index contributed by atoms with van der Waals surface area (Å²) in [6.07, 6.45) is 7.16. The fourth-order valence-electron chi connectivity index (χ4n) is 2.94. The lowest BCUT2D eigenvalue weighted by atomic mass is 9.87. The molecule has 0 atom stereocenters. The normalized spacial score (nSPS) is 10.9. The first-order valence-electron chi connectivity index (χ1n) is 8.79. The SMILES string of the molecule is CC(C)(C)c1ccc(C(=O)Nc2cn3cc(-c4cnc[nH]4)ccc3n2)cc1.Cl.Cl. The molecular formula is C21H23Cl2N5O. The highest BCUT2D eigenvalue weighted by atomic mass is 35.5. The van der Waals surface area contributed by atoms with Crippen LogP contribution in [-0.4, -0.2) is 25.3 Å². The lowest BCUT2D eigenvalue weighted by Crippen LogP contribution is -2.14. The van der Waals surface area contributed by atoms with Crippen LogP contribution in [-0.2, 0) is 5.41 Å². The average Bonchev–Trinajstić information content (AvgIpc) is 3.29. The van der Waals surface area contributed by atoms with Crippen molar-refractivity contribution < 1.29 is 4.79 Å². The summed E-state index contributed by atoms with van der Waals surface area (Å²) >= 11 is 0. The van der Waals surface area contributed by atoms with Crippen LogP contribution < -0.4 is 5.32 Å². The molecule has 0 bridgehead atoms. The molecule has 8 heteroatoms. The molecular weight excluding hydrogens is 409 g/mol. The Kier molecular flexibility index (Phi) is 6.72. The summed E-state index contributed by atoms with van der Waals surface area (Å²) in [7, 11) is 0. The van der Waals surface area contributed by atoms with E-state index in [1.54, 1.807) is 18.7 Å². The van der Waals surface area contributed by atoms with Gasteiger partial charge in [-0.25, -0.2) is 9.97 Å². The highest BCUT2D eigenvalue weighted by Gasteiger charge is 2.15. The van der Waals surface area contributed by atoms with E-state index in [-0.39, 0.29) is 36.1 Å². The number of aromatic amines is 1. The van der Waals surface area contributed by atoms with Gasteiger partial charge in [0, 0.05) is 17.3 Å². The number of nitrogens with zero attached hydrogens (tertiary/aromatic N) is 3. The first-order chi connectivity index (χ1) is 12.9. The van der Waals surface area contributed by atoms with Gasteiger partial charge in [0.1, 0.15) is 5.65 Å². The van der Waals surface area contributed by atoms with Crippen molar-refractivity contribution in [3.63, 3.8) is 0 Å². The fourth-order valence-corrected chi connectivity index (χ4v) is 2.94. The lowest BCUT2D eigenvalue weighted by molar-refractivity contribution is 0.102. The molecule has 0 spiro atoms. The summed E-state index contributed by atoms with van der Waals surface area (Å²) in [5, 5.41) is 2.87. The Hall–Kier alpha value is -2.83. The molecule has 4 aromatic rings. The van der Waals surface area contributed by atoms with Crippen LogP contribution in [0.5, 0.6) is 0 Å². The standard InChI is InChI=1S/C21H21N5O.2ClH/c1-21(2,3)16-7-4-14(5-8-16)20(27)25-18-12-26-11-15(6-9-19(26)24-18)17-10-22-13-23-17;;/h4-13H,1-3H3,(H,22,23)(H,25,27);2*1H.